The van der Waals surface area contributed by atoms with Gasteiger partial charge in [0, 0.05) is 15.8 Å². The van der Waals surface area contributed by atoms with Gasteiger partial charge in [-0.15, -0.1) is 12.4 Å². The molecule has 1 aliphatic heterocycles. The summed E-state index contributed by atoms with van der Waals surface area (Å²) in [6, 6.07) is 7.45. The smallest absolute Gasteiger partial charge is 0.244 e. The van der Waals surface area contributed by atoms with Crippen LogP contribution in [0.2, 0.25) is 0 Å². The molecule has 0 saturated carbocycles. The second-order valence-electron chi connectivity index (χ2n) is 4.01. The largest absolute Gasteiger partial charge is 0.375 e. The number of carbonyl (C=O) groups is 1. The van der Waals surface area contributed by atoms with Crippen molar-refractivity contribution < 1.29 is 9.53 Å². The van der Waals surface area contributed by atoms with Gasteiger partial charge < -0.3 is 15.4 Å². The van der Waals surface area contributed by atoms with Gasteiger partial charge in [0.2, 0.25) is 5.91 Å². The highest BCUT2D eigenvalue weighted by Gasteiger charge is 2.28. The maximum atomic E-state index is 12.0. The average molecular weight is 383 g/mol. The molecule has 0 aliphatic carbocycles. The molecule has 18 heavy (non-hydrogen) atoms. The molecule has 4 nitrogen and oxygen atoms in total. The molecule has 2 N–H and O–H groups in total. The summed E-state index contributed by atoms with van der Waals surface area (Å²) in [5.74, 6) is -0.0424. The van der Waals surface area contributed by atoms with E-state index in [1.54, 1.807) is 0 Å². The first-order valence-electron chi connectivity index (χ1n) is 5.58. The van der Waals surface area contributed by atoms with Gasteiger partial charge in [-0.1, -0.05) is 6.07 Å². The summed E-state index contributed by atoms with van der Waals surface area (Å²) >= 11 is 2.22. The third-order valence-corrected chi connectivity index (χ3v) is 3.36. The highest BCUT2D eigenvalue weighted by molar-refractivity contribution is 14.1. The lowest BCUT2D eigenvalue weighted by Gasteiger charge is -2.29. The lowest BCUT2D eigenvalue weighted by molar-refractivity contribution is -0.123. The van der Waals surface area contributed by atoms with Crippen LogP contribution in [0.4, 0.5) is 5.69 Å². The minimum absolute atomic E-state index is 0. The van der Waals surface area contributed by atoms with Crippen LogP contribution < -0.4 is 10.6 Å². The lowest BCUT2D eigenvalue weighted by Crippen LogP contribution is -2.53. The number of nitrogens with one attached hydrogen (secondary N) is 2. The third kappa shape index (κ3) is 4.08. The van der Waals surface area contributed by atoms with Gasteiger partial charge in [-0.3, -0.25) is 4.79 Å². The van der Waals surface area contributed by atoms with Gasteiger partial charge >= 0.3 is 0 Å². The topological polar surface area (TPSA) is 50.4 Å². The van der Waals surface area contributed by atoms with E-state index in [1.807, 2.05) is 31.2 Å². The Morgan fingerprint density at radius 2 is 2.33 bits per heavy atom. The van der Waals surface area contributed by atoms with Crippen molar-refractivity contribution in [3.63, 3.8) is 0 Å². The fraction of sp³-hybridized carbons (Fsp3) is 0.417. The van der Waals surface area contributed by atoms with Crippen LogP contribution in [0.1, 0.15) is 6.92 Å². The molecule has 1 saturated heterocycles. The molecule has 6 heteroatoms. The minimum atomic E-state index is -0.276. The van der Waals surface area contributed by atoms with Crippen LogP contribution in [0.5, 0.6) is 0 Å². The summed E-state index contributed by atoms with van der Waals surface area (Å²) in [5, 5.41) is 6.06. The van der Waals surface area contributed by atoms with E-state index in [0.717, 1.165) is 15.8 Å². The Labute approximate surface area is 126 Å². The zero-order valence-electron chi connectivity index (χ0n) is 9.98. The minimum Gasteiger partial charge on any atom is -0.375 e. The van der Waals surface area contributed by atoms with Crippen molar-refractivity contribution in [3.05, 3.63) is 27.8 Å². The van der Waals surface area contributed by atoms with E-state index in [1.165, 1.54) is 0 Å². The third-order valence-electron chi connectivity index (χ3n) is 2.69. The average Bonchev–Trinajstić information content (AvgIpc) is 2.29. The molecule has 0 spiro atoms. The Hall–Kier alpha value is -0.370. The first kappa shape index (κ1) is 15.7. The van der Waals surface area contributed by atoms with Crippen LogP contribution in [-0.4, -0.2) is 31.2 Å². The molecule has 1 aromatic rings. The maximum Gasteiger partial charge on any atom is 0.244 e. The van der Waals surface area contributed by atoms with E-state index in [2.05, 4.69) is 33.2 Å². The van der Waals surface area contributed by atoms with Crippen LogP contribution in [0.15, 0.2) is 24.3 Å². The van der Waals surface area contributed by atoms with E-state index < -0.39 is 0 Å². The number of hydrogen-bond donors (Lipinski definition) is 2. The van der Waals surface area contributed by atoms with Crippen molar-refractivity contribution in [2.45, 2.75) is 19.1 Å². The summed E-state index contributed by atoms with van der Waals surface area (Å²) in [6.07, 6.45) is -0.0912. The van der Waals surface area contributed by atoms with E-state index in [0.29, 0.717) is 6.61 Å². The number of morpholine rings is 1. The van der Waals surface area contributed by atoms with Gasteiger partial charge in [0.25, 0.3) is 0 Å². The number of carbonyl (C=O) groups excluding carboxylic acids is 1. The summed E-state index contributed by atoms with van der Waals surface area (Å²) in [7, 11) is 0. The molecule has 1 fully saturated rings. The number of amides is 1. The van der Waals surface area contributed by atoms with Gasteiger partial charge in [-0.05, 0) is 47.7 Å². The molecule has 2 atom stereocenters. The molecule has 1 aliphatic rings. The SMILES string of the molecule is C[C@H]1OCCN[C@@H]1C(=O)Nc1cccc(I)c1.Cl. The van der Waals surface area contributed by atoms with Crippen molar-refractivity contribution in [1.29, 1.82) is 0 Å². The second kappa shape index (κ2) is 7.28. The Morgan fingerprint density at radius 1 is 1.56 bits per heavy atom. The van der Waals surface area contributed by atoms with Crippen LogP contribution in [0, 0.1) is 3.57 Å². The van der Waals surface area contributed by atoms with Crippen molar-refractivity contribution in [2.75, 3.05) is 18.5 Å². The second-order valence-corrected chi connectivity index (χ2v) is 5.25. The number of anilines is 1. The van der Waals surface area contributed by atoms with E-state index in [-0.39, 0.29) is 30.5 Å². The number of hydrogen-bond acceptors (Lipinski definition) is 3. The van der Waals surface area contributed by atoms with Crippen LogP contribution in [0.3, 0.4) is 0 Å². The van der Waals surface area contributed by atoms with Crippen molar-refractivity contribution >= 4 is 46.6 Å². The van der Waals surface area contributed by atoms with Crippen molar-refractivity contribution in [1.82, 2.24) is 5.32 Å². The predicted octanol–water partition coefficient (Wildman–Crippen LogP) is 2.03. The van der Waals surface area contributed by atoms with Gasteiger partial charge in [0.05, 0.1) is 12.7 Å². The zero-order chi connectivity index (χ0) is 12.3. The predicted molar refractivity (Wildman–Crippen MR) is 82.2 cm³/mol. The monoisotopic (exact) mass is 382 g/mol. The molecule has 1 heterocycles. The highest BCUT2D eigenvalue weighted by atomic mass is 127. The summed E-state index contributed by atoms with van der Waals surface area (Å²) in [6.45, 7) is 3.29. The first-order valence-corrected chi connectivity index (χ1v) is 6.66. The lowest BCUT2D eigenvalue weighted by atomic mass is 10.1. The summed E-state index contributed by atoms with van der Waals surface area (Å²) in [5.41, 5.74) is 0.821. The fourth-order valence-corrected chi connectivity index (χ4v) is 2.36. The zero-order valence-corrected chi connectivity index (χ0v) is 13.0. The summed E-state index contributed by atoms with van der Waals surface area (Å²) in [4.78, 5) is 12.0. The van der Waals surface area contributed by atoms with Gasteiger partial charge in [0.1, 0.15) is 6.04 Å². The van der Waals surface area contributed by atoms with Gasteiger partial charge in [-0.2, -0.15) is 0 Å². The molecular formula is C12H16ClIN2O2. The fourth-order valence-electron chi connectivity index (χ4n) is 1.81. The molecule has 2 rings (SSSR count). The number of ether oxygens (including phenoxy) is 1. The Morgan fingerprint density at radius 3 is 3.00 bits per heavy atom. The van der Waals surface area contributed by atoms with Crippen molar-refractivity contribution in [2.24, 2.45) is 0 Å². The molecule has 100 valence electrons. The van der Waals surface area contributed by atoms with Gasteiger partial charge in [0.15, 0.2) is 0 Å². The standard InChI is InChI=1S/C12H15IN2O2.ClH/c1-8-11(14-5-6-17-8)12(16)15-10-4-2-3-9(13)7-10;/h2-4,7-8,11,14H,5-6H2,1H3,(H,15,16);1H/t8-,11+;/m1./s1. The summed E-state index contributed by atoms with van der Waals surface area (Å²) < 4.78 is 6.55. The first-order chi connectivity index (χ1) is 8.16. The van der Waals surface area contributed by atoms with Gasteiger partial charge in [-0.25, -0.2) is 0 Å². The molecule has 0 aromatic heterocycles. The van der Waals surface area contributed by atoms with E-state index >= 15 is 0 Å². The van der Waals surface area contributed by atoms with Crippen molar-refractivity contribution in [3.8, 4) is 0 Å². The Bertz CT molecular complexity index is 417. The molecule has 1 amide bonds. The Balaban J connectivity index is 0.00000162. The molecule has 0 radical (unpaired) electrons. The highest BCUT2D eigenvalue weighted by Crippen LogP contribution is 2.14. The maximum absolute atomic E-state index is 12.0. The molecule has 0 unspecified atom stereocenters. The van der Waals surface area contributed by atoms with Crippen LogP contribution >= 0.6 is 35.0 Å². The van der Waals surface area contributed by atoms with Crippen LogP contribution in [-0.2, 0) is 9.53 Å². The van der Waals surface area contributed by atoms with E-state index in [4.69, 9.17) is 4.74 Å². The number of rotatable bonds is 2. The number of halogens is 2. The van der Waals surface area contributed by atoms with Crippen LogP contribution in [0.25, 0.3) is 0 Å². The normalized spacial score (nSPS) is 23.0. The Kier molecular flexibility index (Phi) is 6.34. The molecular weight excluding hydrogens is 367 g/mol. The van der Waals surface area contributed by atoms with E-state index in [9.17, 15) is 4.79 Å². The molecule has 0 bridgehead atoms. The molecule has 1 aromatic carbocycles. The number of benzene rings is 1. The quantitative estimate of drug-likeness (QED) is 0.770.